The van der Waals surface area contributed by atoms with Crippen LogP contribution in [0.25, 0.3) is 0 Å². The van der Waals surface area contributed by atoms with Gasteiger partial charge in [0.15, 0.2) is 0 Å². The van der Waals surface area contributed by atoms with E-state index in [1.807, 2.05) is 12.1 Å². The van der Waals surface area contributed by atoms with Crippen molar-refractivity contribution in [3.05, 3.63) is 23.9 Å². The Bertz CT molecular complexity index is 327. The minimum absolute atomic E-state index is 0.505. The predicted molar refractivity (Wildman–Crippen MR) is 65.0 cm³/mol. The lowest BCUT2D eigenvalue weighted by Gasteiger charge is -2.14. The van der Waals surface area contributed by atoms with Crippen LogP contribution in [-0.2, 0) is 5.88 Å². The van der Waals surface area contributed by atoms with E-state index in [4.69, 9.17) is 16.3 Å². The van der Waals surface area contributed by atoms with E-state index in [1.165, 1.54) is 25.9 Å². The van der Waals surface area contributed by atoms with E-state index in [9.17, 15) is 0 Å². The number of alkyl halides is 1. The molecule has 16 heavy (non-hydrogen) atoms. The number of rotatable bonds is 5. The average Bonchev–Trinajstić information content (AvgIpc) is 2.82. The smallest absolute Gasteiger partial charge is 0.213 e. The molecule has 1 aliphatic rings. The zero-order valence-corrected chi connectivity index (χ0v) is 10.1. The molecular formula is C12H17ClN2O. The molecule has 1 saturated heterocycles. The van der Waals surface area contributed by atoms with Gasteiger partial charge in [0.2, 0.25) is 5.88 Å². The zero-order valence-electron chi connectivity index (χ0n) is 9.36. The van der Waals surface area contributed by atoms with Gasteiger partial charge in [-0.3, -0.25) is 4.90 Å². The van der Waals surface area contributed by atoms with Crippen molar-refractivity contribution in [2.75, 3.05) is 26.2 Å². The van der Waals surface area contributed by atoms with Crippen LogP contribution in [0.4, 0.5) is 0 Å². The molecule has 0 atom stereocenters. The maximum atomic E-state index is 5.74. The van der Waals surface area contributed by atoms with Crippen LogP contribution in [0.5, 0.6) is 5.88 Å². The van der Waals surface area contributed by atoms with Gasteiger partial charge in [0.1, 0.15) is 6.61 Å². The summed E-state index contributed by atoms with van der Waals surface area (Å²) in [5.74, 6) is 1.18. The topological polar surface area (TPSA) is 25.4 Å². The van der Waals surface area contributed by atoms with Crippen molar-refractivity contribution < 1.29 is 4.74 Å². The van der Waals surface area contributed by atoms with Crippen molar-refractivity contribution in [1.82, 2.24) is 9.88 Å². The SMILES string of the molecule is ClCc1ccnc(OCCN2CCCC2)c1. The molecule has 0 aliphatic carbocycles. The summed E-state index contributed by atoms with van der Waals surface area (Å²) in [5.41, 5.74) is 1.05. The Morgan fingerprint density at radius 3 is 2.94 bits per heavy atom. The van der Waals surface area contributed by atoms with Crippen molar-refractivity contribution >= 4 is 11.6 Å². The Morgan fingerprint density at radius 1 is 1.38 bits per heavy atom. The molecule has 1 aliphatic heterocycles. The molecule has 0 saturated carbocycles. The first kappa shape index (κ1) is 11.7. The maximum Gasteiger partial charge on any atom is 0.213 e. The van der Waals surface area contributed by atoms with Gasteiger partial charge in [-0.1, -0.05) is 0 Å². The van der Waals surface area contributed by atoms with Gasteiger partial charge < -0.3 is 4.74 Å². The van der Waals surface area contributed by atoms with E-state index >= 15 is 0 Å². The first-order valence-corrected chi connectivity index (χ1v) is 6.28. The summed E-state index contributed by atoms with van der Waals surface area (Å²) < 4.78 is 5.60. The first-order valence-electron chi connectivity index (χ1n) is 5.74. The number of hydrogen-bond donors (Lipinski definition) is 0. The molecule has 3 nitrogen and oxygen atoms in total. The van der Waals surface area contributed by atoms with Gasteiger partial charge in [-0.25, -0.2) is 4.98 Å². The number of hydrogen-bond acceptors (Lipinski definition) is 3. The molecule has 0 aromatic carbocycles. The minimum atomic E-state index is 0.505. The number of pyridine rings is 1. The van der Waals surface area contributed by atoms with Crippen molar-refractivity contribution in [3.63, 3.8) is 0 Å². The molecule has 1 fully saturated rings. The monoisotopic (exact) mass is 240 g/mol. The van der Waals surface area contributed by atoms with Gasteiger partial charge in [0.05, 0.1) is 0 Å². The predicted octanol–water partition coefficient (Wildman–Crippen LogP) is 2.29. The second kappa shape index (κ2) is 6.06. The van der Waals surface area contributed by atoms with Gasteiger partial charge in [0.25, 0.3) is 0 Å². The Balaban J connectivity index is 1.75. The Kier molecular flexibility index (Phi) is 4.43. The van der Waals surface area contributed by atoms with Crippen LogP contribution in [0.3, 0.4) is 0 Å². The lowest BCUT2D eigenvalue weighted by Crippen LogP contribution is -2.25. The summed E-state index contributed by atoms with van der Waals surface area (Å²) >= 11 is 5.74. The molecule has 0 amide bonds. The fourth-order valence-corrected chi connectivity index (χ4v) is 2.06. The standard InChI is InChI=1S/C12H17ClN2O/c13-10-11-3-4-14-12(9-11)16-8-7-15-5-1-2-6-15/h3-4,9H,1-2,5-8,10H2. The van der Waals surface area contributed by atoms with Crippen molar-refractivity contribution in [1.29, 1.82) is 0 Å². The number of ether oxygens (including phenoxy) is 1. The Hall–Kier alpha value is -0.800. The number of likely N-dealkylation sites (tertiary alicyclic amines) is 1. The largest absolute Gasteiger partial charge is 0.476 e. The van der Waals surface area contributed by atoms with E-state index in [0.717, 1.165) is 12.1 Å². The molecule has 2 heterocycles. The molecule has 0 spiro atoms. The highest BCUT2D eigenvalue weighted by molar-refractivity contribution is 6.17. The van der Waals surface area contributed by atoms with Gasteiger partial charge in [-0.05, 0) is 37.6 Å². The van der Waals surface area contributed by atoms with E-state index < -0.39 is 0 Å². The van der Waals surface area contributed by atoms with Crippen LogP contribution in [0.15, 0.2) is 18.3 Å². The summed E-state index contributed by atoms with van der Waals surface area (Å²) in [6.07, 6.45) is 4.38. The van der Waals surface area contributed by atoms with Crippen LogP contribution in [0.2, 0.25) is 0 Å². The van der Waals surface area contributed by atoms with Crippen LogP contribution in [0, 0.1) is 0 Å². The van der Waals surface area contributed by atoms with Crippen LogP contribution in [0.1, 0.15) is 18.4 Å². The van der Waals surface area contributed by atoms with Gasteiger partial charge in [-0.2, -0.15) is 0 Å². The fraction of sp³-hybridized carbons (Fsp3) is 0.583. The Morgan fingerprint density at radius 2 is 2.19 bits per heavy atom. The molecule has 0 bridgehead atoms. The first-order chi connectivity index (χ1) is 7.88. The van der Waals surface area contributed by atoms with Crippen LogP contribution >= 0.6 is 11.6 Å². The second-order valence-electron chi connectivity index (χ2n) is 4.03. The Labute approximate surface area is 101 Å². The highest BCUT2D eigenvalue weighted by atomic mass is 35.5. The third kappa shape index (κ3) is 3.35. The lowest BCUT2D eigenvalue weighted by atomic mass is 10.3. The summed E-state index contributed by atoms with van der Waals surface area (Å²) in [6, 6.07) is 3.80. The number of halogens is 1. The number of nitrogens with zero attached hydrogens (tertiary/aromatic N) is 2. The van der Waals surface area contributed by atoms with Gasteiger partial charge in [-0.15, -0.1) is 11.6 Å². The number of aromatic nitrogens is 1. The third-order valence-electron chi connectivity index (χ3n) is 2.81. The summed E-state index contributed by atoms with van der Waals surface area (Å²) in [7, 11) is 0. The molecule has 1 aromatic rings. The normalized spacial score (nSPS) is 16.6. The third-order valence-corrected chi connectivity index (χ3v) is 3.12. The molecule has 0 radical (unpaired) electrons. The molecular weight excluding hydrogens is 224 g/mol. The highest BCUT2D eigenvalue weighted by Gasteiger charge is 2.10. The van der Waals surface area contributed by atoms with E-state index in [0.29, 0.717) is 18.4 Å². The molecule has 2 rings (SSSR count). The van der Waals surface area contributed by atoms with Crippen molar-refractivity contribution in [2.45, 2.75) is 18.7 Å². The van der Waals surface area contributed by atoms with E-state index in [1.54, 1.807) is 6.20 Å². The maximum absolute atomic E-state index is 5.74. The van der Waals surface area contributed by atoms with Crippen LogP contribution in [-0.4, -0.2) is 36.1 Å². The quantitative estimate of drug-likeness (QED) is 0.739. The van der Waals surface area contributed by atoms with E-state index in [-0.39, 0.29) is 0 Å². The zero-order chi connectivity index (χ0) is 11.2. The highest BCUT2D eigenvalue weighted by Crippen LogP contribution is 2.12. The second-order valence-corrected chi connectivity index (χ2v) is 4.30. The van der Waals surface area contributed by atoms with Crippen molar-refractivity contribution in [3.8, 4) is 5.88 Å². The minimum Gasteiger partial charge on any atom is -0.476 e. The van der Waals surface area contributed by atoms with Crippen molar-refractivity contribution in [2.24, 2.45) is 0 Å². The van der Waals surface area contributed by atoms with Crippen LogP contribution < -0.4 is 4.74 Å². The summed E-state index contributed by atoms with van der Waals surface area (Å²) in [6.45, 7) is 4.11. The summed E-state index contributed by atoms with van der Waals surface area (Å²) in [5, 5.41) is 0. The van der Waals surface area contributed by atoms with Gasteiger partial charge in [0, 0.05) is 24.7 Å². The molecule has 4 heteroatoms. The molecule has 0 unspecified atom stereocenters. The molecule has 88 valence electrons. The summed E-state index contributed by atoms with van der Waals surface area (Å²) in [4.78, 5) is 6.57. The fourth-order valence-electron chi connectivity index (χ4n) is 1.90. The molecule has 0 N–H and O–H groups in total. The lowest BCUT2D eigenvalue weighted by molar-refractivity contribution is 0.232. The van der Waals surface area contributed by atoms with Gasteiger partial charge >= 0.3 is 0 Å². The van der Waals surface area contributed by atoms with E-state index in [2.05, 4.69) is 9.88 Å². The average molecular weight is 241 g/mol. The molecule has 1 aromatic heterocycles.